The van der Waals surface area contributed by atoms with Gasteiger partial charge in [0.15, 0.2) is 5.96 Å². The van der Waals surface area contributed by atoms with Crippen LogP contribution in [0.15, 0.2) is 4.99 Å². The van der Waals surface area contributed by atoms with E-state index in [2.05, 4.69) is 27.4 Å². The minimum absolute atomic E-state index is 0.659. The molecule has 0 bridgehead atoms. The Morgan fingerprint density at radius 2 is 1.91 bits per heavy atom. The molecule has 6 heteroatoms. The van der Waals surface area contributed by atoms with Crippen molar-refractivity contribution in [3.05, 3.63) is 0 Å². The molecule has 1 saturated heterocycles. The molecule has 0 aromatic carbocycles. The molecule has 6 nitrogen and oxygen atoms in total. The topological polar surface area (TPSA) is 58.1 Å². The predicted molar refractivity (Wildman–Crippen MR) is 96.2 cm³/mol. The molecule has 2 N–H and O–H groups in total. The number of hydrogen-bond donors (Lipinski definition) is 2. The summed E-state index contributed by atoms with van der Waals surface area (Å²) in [6.07, 6.45) is 6.22. The first-order valence-electron chi connectivity index (χ1n) is 9.03. The highest BCUT2D eigenvalue weighted by atomic mass is 16.5. The van der Waals surface area contributed by atoms with E-state index in [-0.39, 0.29) is 0 Å². The molecule has 1 unspecified atom stereocenters. The third-order valence-electron chi connectivity index (χ3n) is 4.27. The fraction of sp³-hybridized carbons (Fsp3) is 0.941. The number of aliphatic imine (C=N–C) groups is 1. The molecule has 1 heterocycles. The lowest BCUT2D eigenvalue weighted by molar-refractivity contribution is 0.0698. The molecule has 136 valence electrons. The van der Waals surface area contributed by atoms with Gasteiger partial charge in [0.05, 0.1) is 13.2 Å². The van der Waals surface area contributed by atoms with Gasteiger partial charge in [0, 0.05) is 46.4 Å². The molecular weight excluding hydrogens is 292 g/mol. The van der Waals surface area contributed by atoms with Crippen molar-refractivity contribution in [3.63, 3.8) is 0 Å². The fourth-order valence-electron chi connectivity index (χ4n) is 2.82. The van der Waals surface area contributed by atoms with Gasteiger partial charge in [-0.15, -0.1) is 0 Å². The lowest BCUT2D eigenvalue weighted by atomic mass is 10.0. The number of nitrogens with zero attached hydrogens (tertiary/aromatic N) is 2. The van der Waals surface area contributed by atoms with E-state index in [9.17, 15) is 0 Å². The van der Waals surface area contributed by atoms with Crippen molar-refractivity contribution in [2.45, 2.75) is 45.1 Å². The van der Waals surface area contributed by atoms with Gasteiger partial charge in [-0.3, -0.25) is 4.99 Å². The van der Waals surface area contributed by atoms with Gasteiger partial charge in [-0.1, -0.05) is 6.42 Å². The molecule has 0 aliphatic carbocycles. The Hall–Kier alpha value is -0.850. The summed E-state index contributed by atoms with van der Waals surface area (Å²) in [5.41, 5.74) is 0. The van der Waals surface area contributed by atoms with Gasteiger partial charge < -0.3 is 25.0 Å². The van der Waals surface area contributed by atoms with E-state index in [1.807, 2.05) is 7.05 Å². The summed E-state index contributed by atoms with van der Waals surface area (Å²) < 4.78 is 10.4. The van der Waals surface area contributed by atoms with Crippen molar-refractivity contribution >= 4 is 5.96 Å². The molecular formula is C17H36N4O2. The molecule has 0 radical (unpaired) electrons. The molecule has 1 aliphatic heterocycles. The van der Waals surface area contributed by atoms with Crippen molar-refractivity contribution < 1.29 is 9.47 Å². The van der Waals surface area contributed by atoms with Gasteiger partial charge in [-0.25, -0.2) is 0 Å². The van der Waals surface area contributed by atoms with Crippen LogP contribution in [0.3, 0.4) is 0 Å². The summed E-state index contributed by atoms with van der Waals surface area (Å²) in [6.45, 7) is 8.70. The van der Waals surface area contributed by atoms with Crippen LogP contribution in [0.4, 0.5) is 0 Å². The van der Waals surface area contributed by atoms with Crippen LogP contribution < -0.4 is 10.6 Å². The third-order valence-corrected chi connectivity index (χ3v) is 4.27. The Labute approximate surface area is 142 Å². The highest BCUT2D eigenvalue weighted by Gasteiger charge is 2.16. The van der Waals surface area contributed by atoms with Crippen LogP contribution in [-0.4, -0.2) is 77.1 Å². The summed E-state index contributed by atoms with van der Waals surface area (Å²) in [6, 6.07) is 0.749. The molecule has 0 aromatic rings. The maximum Gasteiger partial charge on any atom is 0.190 e. The largest absolute Gasteiger partial charge is 0.382 e. The minimum Gasteiger partial charge on any atom is -0.382 e. The Bertz CT molecular complexity index is 313. The molecule has 23 heavy (non-hydrogen) atoms. The minimum atomic E-state index is 0.659. The average molecular weight is 329 g/mol. The summed E-state index contributed by atoms with van der Waals surface area (Å²) in [5, 5.41) is 6.71. The van der Waals surface area contributed by atoms with Gasteiger partial charge in [0.25, 0.3) is 0 Å². The van der Waals surface area contributed by atoms with Crippen LogP contribution in [0.5, 0.6) is 0 Å². The fourth-order valence-corrected chi connectivity index (χ4v) is 2.82. The zero-order valence-corrected chi connectivity index (χ0v) is 15.3. The van der Waals surface area contributed by atoms with E-state index in [1.165, 1.54) is 32.4 Å². The van der Waals surface area contributed by atoms with Crippen LogP contribution in [-0.2, 0) is 9.47 Å². The Morgan fingerprint density at radius 3 is 2.61 bits per heavy atom. The Balaban J connectivity index is 1.99. The van der Waals surface area contributed by atoms with Crippen LogP contribution in [0.2, 0.25) is 0 Å². The van der Waals surface area contributed by atoms with E-state index >= 15 is 0 Å². The van der Waals surface area contributed by atoms with Crippen LogP contribution in [0, 0.1) is 0 Å². The highest BCUT2D eigenvalue weighted by molar-refractivity contribution is 5.79. The lowest BCUT2D eigenvalue weighted by Gasteiger charge is -2.33. The summed E-state index contributed by atoms with van der Waals surface area (Å²) in [4.78, 5) is 6.86. The van der Waals surface area contributed by atoms with Crippen molar-refractivity contribution in [1.82, 2.24) is 15.5 Å². The number of likely N-dealkylation sites (tertiary alicyclic amines) is 1. The van der Waals surface area contributed by atoms with E-state index < -0.39 is 0 Å². The zero-order chi connectivity index (χ0) is 16.8. The summed E-state index contributed by atoms with van der Waals surface area (Å²) >= 11 is 0. The summed E-state index contributed by atoms with van der Waals surface area (Å²) in [7, 11) is 3.50. The molecule has 0 saturated carbocycles. The molecule has 0 aromatic heterocycles. The highest BCUT2D eigenvalue weighted by Crippen LogP contribution is 2.15. The maximum atomic E-state index is 5.43. The van der Waals surface area contributed by atoms with E-state index in [1.54, 1.807) is 7.11 Å². The predicted octanol–water partition coefficient (Wildman–Crippen LogP) is 1.47. The van der Waals surface area contributed by atoms with Crippen molar-refractivity contribution in [1.29, 1.82) is 0 Å². The molecule has 1 rings (SSSR count). The van der Waals surface area contributed by atoms with Gasteiger partial charge in [0.1, 0.15) is 0 Å². The number of ether oxygens (including phenoxy) is 2. The van der Waals surface area contributed by atoms with E-state index in [0.717, 1.165) is 44.5 Å². The van der Waals surface area contributed by atoms with Gasteiger partial charge >= 0.3 is 0 Å². The van der Waals surface area contributed by atoms with Crippen LogP contribution in [0.25, 0.3) is 0 Å². The third kappa shape index (κ3) is 9.79. The second-order valence-corrected chi connectivity index (χ2v) is 6.12. The normalized spacial score (nSPS) is 19.8. The zero-order valence-electron chi connectivity index (χ0n) is 15.3. The van der Waals surface area contributed by atoms with E-state index in [0.29, 0.717) is 13.2 Å². The molecule has 1 atom stereocenters. The molecule has 0 spiro atoms. The summed E-state index contributed by atoms with van der Waals surface area (Å²) in [5.74, 6) is 0.883. The Morgan fingerprint density at radius 1 is 1.13 bits per heavy atom. The molecule has 0 amide bonds. The average Bonchev–Trinajstić information content (AvgIpc) is 2.57. The SMILES string of the molecule is CN=C(NCCCOCCOC)NCCCN1CCCCC1C. The van der Waals surface area contributed by atoms with Gasteiger partial charge in [-0.2, -0.15) is 0 Å². The van der Waals surface area contributed by atoms with Gasteiger partial charge in [0.2, 0.25) is 0 Å². The second kappa shape index (κ2) is 13.6. The number of rotatable bonds is 11. The van der Waals surface area contributed by atoms with Crippen molar-refractivity contribution in [2.24, 2.45) is 4.99 Å². The second-order valence-electron chi connectivity index (χ2n) is 6.12. The van der Waals surface area contributed by atoms with Gasteiger partial charge in [-0.05, 0) is 39.2 Å². The molecule has 1 fully saturated rings. The lowest BCUT2D eigenvalue weighted by Crippen LogP contribution is -2.41. The standard InChI is InChI=1S/C17H36N4O2/c1-16-8-4-5-11-21(16)12-6-9-19-17(18-2)20-10-7-13-23-15-14-22-3/h16H,4-15H2,1-3H3,(H2,18,19,20). The van der Waals surface area contributed by atoms with Crippen LogP contribution in [0.1, 0.15) is 39.0 Å². The molecule has 1 aliphatic rings. The Kier molecular flexibility index (Phi) is 11.9. The van der Waals surface area contributed by atoms with Crippen LogP contribution >= 0.6 is 0 Å². The quantitative estimate of drug-likeness (QED) is 0.342. The number of nitrogens with one attached hydrogen (secondary N) is 2. The number of piperidine rings is 1. The first-order valence-corrected chi connectivity index (χ1v) is 9.03. The maximum absolute atomic E-state index is 5.43. The number of hydrogen-bond acceptors (Lipinski definition) is 4. The number of guanidine groups is 1. The van der Waals surface area contributed by atoms with Crippen molar-refractivity contribution in [3.8, 4) is 0 Å². The van der Waals surface area contributed by atoms with E-state index in [4.69, 9.17) is 9.47 Å². The van der Waals surface area contributed by atoms with Crippen molar-refractivity contribution in [2.75, 3.05) is 60.2 Å². The first kappa shape index (κ1) is 20.2. The first-order chi connectivity index (χ1) is 11.3. The smallest absolute Gasteiger partial charge is 0.190 e. The number of methoxy groups -OCH3 is 1. The monoisotopic (exact) mass is 328 g/mol.